The van der Waals surface area contributed by atoms with E-state index in [9.17, 15) is 10.2 Å². The van der Waals surface area contributed by atoms with Crippen LogP contribution in [-0.2, 0) is 6.42 Å². The topological polar surface area (TPSA) is 43.7 Å². The lowest BCUT2D eigenvalue weighted by Gasteiger charge is -2.29. The van der Waals surface area contributed by atoms with Gasteiger partial charge in [-0.25, -0.2) is 0 Å². The first-order chi connectivity index (χ1) is 11.8. The zero-order valence-corrected chi connectivity index (χ0v) is 16.7. The van der Waals surface area contributed by atoms with Gasteiger partial charge in [0.05, 0.1) is 6.10 Å². The van der Waals surface area contributed by atoms with Crippen LogP contribution in [0.5, 0.6) is 5.75 Å². The fourth-order valence-corrected chi connectivity index (χ4v) is 3.20. The summed E-state index contributed by atoms with van der Waals surface area (Å²) in [6.07, 6.45) is 9.09. The standard InChI is InChI=1S/C22H37NO2/c1-6-17(2)15-18(3)9-7-8-10-22(25)21(23(4)5)16-19-11-13-20(24)14-12-19/h7,9,11-14,17-18,21-22,24-25H,6,8,10,15-16H2,1-5H3. The molecule has 1 aromatic carbocycles. The van der Waals surface area contributed by atoms with Crippen LogP contribution in [0.15, 0.2) is 36.4 Å². The molecule has 3 heteroatoms. The lowest BCUT2D eigenvalue weighted by atomic mass is 9.94. The largest absolute Gasteiger partial charge is 0.508 e. The van der Waals surface area contributed by atoms with E-state index < -0.39 is 0 Å². The molecule has 0 radical (unpaired) electrons. The monoisotopic (exact) mass is 347 g/mol. The number of phenols is 1. The Morgan fingerprint density at radius 2 is 1.76 bits per heavy atom. The van der Waals surface area contributed by atoms with Gasteiger partial charge in [-0.2, -0.15) is 0 Å². The molecule has 4 unspecified atom stereocenters. The molecule has 0 saturated heterocycles. The van der Waals surface area contributed by atoms with E-state index in [-0.39, 0.29) is 17.9 Å². The van der Waals surface area contributed by atoms with Crippen molar-refractivity contribution in [1.82, 2.24) is 4.90 Å². The summed E-state index contributed by atoms with van der Waals surface area (Å²) in [6, 6.07) is 7.34. The first-order valence-electron chi connectivity index (χ1n) is 9.62. The Labute approximate surface area is 154 Å². The summed E-state index contributed by atoms with van der Waals surface area (Å²) < 4.78 is 0. The van der Waals surface area contributed by atoms with E-state index in [4.69, 9.17) is 0 Å². The Hall–Kier alpha value is -1.32. The highest BCUT2D eigenvalue weighted by Crippen LogP contribution is 2.18. The van der Waals surface area contributed by atoms with Gasteiger partial charge in [-0.05, 0) is 69.3 Å². The highest BCUT2D eigenvalue weighted by molar-refractivity contribution is 5.26. The molecule has 1 aromatic rings. The molecule has 0 aliphatic rings. The molecular formula is C22H37NO2. The van der Waals surface area contributed by atoms with Gasteiger partial charge < -0.3 is 15.1 Å². The molecule has 1 rings (SSSR count). The number of allylic oxidation sites excluding steroid dienone is 2. The van der Waals surface area contributed by atoms with Crippen molar-refractivity contribution in [2.45, 2.75) is 65.0 Å². The van der Waals surface area contributed by atoms with Crippen LogP contribution >= 0.6 is 0 Å². The predicted molar refractivity (Wildman–Crippen MR) is 107 cm³/mol. The molecular weight excluding hydrogens is 310 g/mol. The van der Waals surface area contributed by atoms with Crippen LogP contribution in [0, 0.1) is 11.8 Å². The van der Waals surface area contributed by atoms with Crippen LogP contribution in [0.25, 0.3) is 0 Å². The molecule has 0 bridgehead atoms. The predicted octanol–water partition coefficient (Wildman–Crippen LogP) is 4.63. The normalized spacial score (nSPS) is 16.9. The van der Waals surface area contributed by atoms with Gasteiger partial charge in [-0.1, -0.05) is 51.5 Å². The fraction of sp³-hybridized carbons (Fsp3) is 0.636. The Morgan fingerprint density at radius 1 is 1.12 bits per heavy atom. The maximum absolute atomic E-state index is 10.6. The minimum absolute atomic E-state index is 0.0791. The second-order valence-corrected chi connectivity index (χ2v) is 7.70. The number of hydrogen-bond acceptors (Lipinski definition) is 3. The number of hydrogen-bond donors (Lipinski definition) is 2. The van der Waals surface area contributed by atoms with Crippen molar-refractivity contribution < 1.29 is 10.2 Å². The van der Waals surface area contributed by atoms with Gasteiger partial charge >= 0.3 is 0 Å². The lowest BCUT2D eigenvalue weighted by Crippen LogP contribution is -2.40. The van der Waals surface area contributed by atoms with Crippen LogP contribution < -0.4 is 0 Å². The number of aliphatic hydroxyl groups excluding tert-OH is 1. The number of aliphatic hydroxyl groups is 1. The number of rotatable bonds is 11. The number of benzene rings is 1. The van der Waals surface area contributed by atoms with Crippen LogP contribution in [0.4, 0.5) is 0 Å². The summed E-state index contributed by atoms with van der Waals surface area (Å²) in [5.41, 5.74) is 1.13. The zero-order valence-electron chi connectivity index (χ0n) is 16.7. The maximum Gasteiger partial charge on any atom is 0.115 e. The zero-order chi connectivity index (χ0) is 18.8. The van der Waals surface area contributed by atoms with E-state index in [0.29, 0.717) is 5.92 Å². The van der Waals surface area contributed by atoms with Gasteiger partial charge in [0, 0.05) is 6.04 Å². The molecule has 0 fully saturated rings. The molecule has 0 aliphatic heterocycles. The Morgan fingerprint density at radius 3 is 2.32 bits per heavy atom. The molecule has 142 valence electrons. The van der Waals surface area contributed by atoms with Crippen LogP contribution in [0.1, 0.15) is 52.0 Å². The van der Waals surface area contributed by atoms with Gasteiger partial charge in [0.15, 0.2) is 0 Å². The molecule has 0 spiro atoms. The Kier molecular flexibility index (Phi) is 9.84. The summed E-state index contributed by atoms with van der Waals surface area (Å²) in [4.78, 5) is 2.09. The quantitative estimate of drug-likeness (QED) is 0.573. The van der Waals surface area contributed by atoms with E-state index >= 15 is 0 Å². The second kappa shape index (κ2) is 11.3. The molecule has 3 nitrogen and oxygen atoms in total. The van der Waals surface area contributed by atoms with Gasteiger partial charge in [0.2, 0.25) is 0 Å². The van der Waals surface area contributed by atoms with Crippen molar-refractivity contribution in [2.24, 2.45) is 11.8 Å². The molecule has 0 heterocycles. The van der Waals surface area contributed by atoms with Crippen molar-refractivity contribution in [2.75, 3.05) is 14.1 Å². The average molecular weight is 348 g/mol. The molecule has 0 saturated carbocycles. The smallest absolute Gasteiger partial charge is 0.115 e. The number of phenolic OH excluding ortho intramolecular Hbond substituents is 1. The summed E-state index contributed by atoms with van der Waals surface area (Å²) in [5, 5.41) is 20.0. The molecule has 0 aromatic heterocycles. The van der Waals surface area contributed by atoms with E-state index in [2.05, 4.69) is 37.8 Å². The van der Waals surface area contributed by atoms with Gasteiger partial charge in [-0.3, -0.25) is 0 Å². The molecule has 0 aliphatic carbocycles. The SMILES string of the molecule is CCC(C)CC(C)C=CCCC(O)C(Cc1ccc(O)cc1)N(C)C. The van der Waals surface area contributed by atoms with Gasteiger partial charge in [-0.15, -0.1) is 0 Å². The minimum atomic E-state index is -0.363. The molecule has 0 amide bonds. The fourth-order valence-electron chi connectivity index (χ4n) is 3.20. The third-order valence-electron chi connectivity index (χ3n) is 5.05. The summed E-state index contributed by atoms with van der Waals surface area (Å²) in [6.45, 7) is 6.82. The summed E-state index contributed by atoms with van der Waals surface area (Å²) in [7, 11) is 4.02. The van der Waals surface area contributed by atoms with Gasteiger partial charge in [0.1, 0.15) is 5.75 Å². The van der Waals surface area contributed by atoms with Crippen LogP contribution in [-0.4, -0.2) is 41.4 Å². The highest BCUT2D eigenvalue weighted by atomic mass is 16.3. The maximum atomic E-state index is 10.6. The molecule has 4 atom stereocenters. The molecule has 25 heavy (non-hydrogen) atoms. The third kappa shape index (κ3) is 8.55. The highest BCUT2D eigenvalue weighted by Gasteiger charge is 2.21. The lowest BCUT2D eigenvalue weighted by molar-refractivity contribution is 0.0699. The van der Waals surface area contributed by atoms with Crippen molar-refractivity contribution in [3.8, 4) is 5.75 Å². The van der Waals surface area contributed by atoms with Crippen LogP contribution in [0.3, 0.4) is 0 Å². The number of aromatic hydroxyl groups is 1. The Balaban J connectivity index is 2.48. The van der Waals surface area contributed by atoms with Crippen LogP contribution in [0.2, 0.25) is 0 Å². The van der Waals surface area contributed by atoms with Crippen molar-refractivity contribution >= 4 is 0 Å². The summed E-state index contributed by atoms with van der Waals surface area (Å²) >= 11 is 0. The van der Waals surface area contributed by atoms with E-state index in [1.54, 1.807) is 12.1 Å². The average Bonchev–Trinajstić information content (AvgIpc) is 2.57. The Bertz CT molecular complexity index is 495. The third-order valence-corrected chi connectivity index (χ3v) is 5.05. The first-order valence-corrected chi connectivity index (χ1v) is 9.62. The van der Waals surface area contributed by atoms with Gasteiger partial charge in [0.25, 0.3) is 0 Å². The second-order valence-electron chi connectivity index (χ2n) is 7.70. The van der Waals surface area contributed by atoms with E-state index in [0.717, 1.165) is 30.7 Å². The minimum Gasteiger partial charge on any atom is -0.508 e. The summed E-state index contributed by atoms with van der Waals surface area (Å²) in [5.74, 6) is 1.66. The number of nitrogens with zero attached hydrogens (tertiary/aromatic N) is 1. The van der Waals surface area contributed by atoms with Crippen molar-refractivity contribution in [3.63, 3.8) is 0 Å². The van der Waals surface area contributed by atoms with E-state index in [1.165, 1.54) is 12.8 Å². The first kappa shape index (κ1) is 21.7. The van der Waals surface area contributed by atoms with E-state index in [1.807, 2.05) is 26.2 Å². The van der Waals surface area contributed by atoms with Crippen molar-refractivity contribution in [3.05, 3.63) is 42.0 Å². The number of likely N-dealkylation sites (N-methyl/N-ethyl adjacent to an activating group) is 1. The molecule has 2 N–H and O–H groups in total. The van der Waals surface area contributed by atoms with Crippen molar-refractivity contribution in [1.29, 1.82) is 0 Å².